The number of ether oxygens (including phenoxy) is 1. The van der Waals surface area contributed by atoms with Gasteiger partial charge in [-0.25, -0.2) is 4.98 Å². The first kappa shape index (κ1) is 11.3. The third-order valence-electron chi connectivity index (χ3n) is 2.98. The maximum absolute atomic E-state index is 5.93. The summed E-state index contributed by atoms with van der Waals surface area (Å²) in [6.45, 7) is 3.84. The van der Waals surface area contributed by atoms with Crippen LogP contribution in [0.25, 0.3) is 0 Å². The molecule has 1 aliphatic rings. The summed E-state index contributed by atoms with van der Waals surface area (Å²) in [6.07, 6.45) is 6.22. The van der Waals surface area contributed by atoms with E-state index in [2.05, 4.69) is 9.97 Å². The highest BCUT2D eigenvalue weighted by atomic mass is 16.5. The number of nitrogens with zero attached hydrogens (tertiary/aromatic N) is 2. The van der Waals surface area contributed by atoms with Gasteiger partial charge in [-0.2, -0.15) is 0 Å². The summed E-state index contributed by atoms with van der Waals surface area (Å²) in [6, 6.07) is 0.275. The van der Waals surface area contributed by atoms with E-state index in [1.807, 2.05) is 13.8 Å². The van der Waals surface area contributed by atoms with Crippen LogP contribution < -0.4 is 10.5 Å². The summed E-state index contributed by atoms with van der Waals surface area (Å²) in [7, 11) is 0. The van der Waals surface area contributed by atoms with E-state index in [1.54, 1.807) is 6.20 Å². The van der Waals surface area contributed by atoms with E-state index in [1.165, 1.54) is 0 Å². The lowest BCUT2D eigenvalue weighted by molar-refractivity contribution is 0.136. The van der Waals surface area contributed by atoms with E-state index in [4.69, 9.17) is 10.5 Å². The molecule has 0 bridgehead atoms. The van der Waals surface area contributed by atoms with Crippen LogP contribution >= 0.6 is 0 Å². The van der Waals surface area contributed by atoms with Crippen LogP contribution in [0.15, 0.2) is 6.20 Å². The number of rotatable bonds is 2. The van der Waals surface area contributed by atoms with E-state index in [-0.39, 0.29) is 12.1 Å². The van der Waals surface area contributed by atoms with Crippen molar-refractivity contribution >= 4 is 0 Å². The van der Waals surface area contributed by atoms with E-state index < -0.39 is 0 Å². The fourth-order valence-electron chi connectivity index (χ4n) is 2.07. The third-order valence-corrected chi connectivity index (χ3v) is 2.98. The number of hydrogen-bond donors (Lipinski definition) is 1. The molecule has 1 saturated carbocycles. The first-order valence-corrected chi connectivity index (χ1v) is 5.87. The Morgan fingerprint density at radius 3 is 2.94 bits per heavy atom. The Morgan fingerprint density at radius 1 is 1.38 bits per heavy atom. The topological polar surface area (TPSA) is 61.0 Å². The second kappa shape index (κ2) is 4.78. The molecule has 2 N–H and O–H groups in total. The molecule has 0 aliphatic heterocycles. The summed E-state index contributed by atoms with van der Waals surface area (Å²) in [5, 5.41) is 0. The van der Waals surface area contributed by atoms with Crippen LogP contribution in [0.3, 0.4) is 0 Å². The zero-order chi connectivity index (χ0) is 11.5. The third kappa shape index (κ3) is 2.70. The van der Waals surface area contributed by atoms with Gasteiger partial charge in [-0.3, -0.25) is 4.98 Å². The predicted octanol–water partition coefficient (Wildman–Crippen LogP) is 1.74. The monoisotopic (exact) mass is 221 g/mol. The highest BCUT2D eigenvalue weighted by Crippen LogP contribution is 2.23. The van der Waals surface area contributed by atoms with Crippen LogP contribution in [0.5, 0.6) is 5.88 Å². The molecule has 16 heavy (non-hydrogen) atoms. The Morgan fingerprint density at radius 2 is 2.19 bits per heavy atom. The summed E-state index contributed by atoms with van der Waals surface area (Å²) in [5.74, 6) is 0.666. The summed E-state index contributed by atoms with van der Waals surface area (Å²) in [5.41, 5.74) is 7.67. The molecule has 0 aromatic carbocycles. The Hall–Kier alpha value is -1.16. The average molecular weight is 221 g/mol. The molecule has 88 valence electrons. The molecular weight excluding hydrogens is 202 g/mol. The van der Waals surface area contributed by atoms with Crippen molar-refractivity contribution in [3.8, 4) is 5.88 Å². The molecule has 1 heterocycles. The zero-order valence-corrected chi connectivity index (χ0v) is 9.94. The van der Waals surface area contributed by atoms with Crippen molar-refractivity contribution in [2.24, 2.45) is 5.73 Å². The van der Waals surface area contributed by atoms with Gasteiger partial charge in [-0.05, 0) is 39.5 Å². The average Bonchev–Trinajstić information content (AvgIpc) is 2.24. The molecule has 4 nitrogen and oxygen atoms in total. The van der Waals surface area contributed by atoms with Crippen LogP contribution in [0.2, 0.25) is 0 Å². The van der Waals surface area contributed by atoms with Gasteiger partial charge in [0.25, 0.3) is 0 Å². The lowest BCUT2D eigenvalue weighted by Gasteiger charge is -2.27. The van der Waals surface area contributed by atoms with Crippen molar-refractivity contribution in [3.05, 3.63) is 17.6 Å². The SMILES string of the molecule is Cc1cnc(C)c(OC2CCCC(N)C2)n1. The molecule has 0 saturated heterocycles. The Balaban J connectivity index is 2.05. The van der Waals surface area contributed by atoms with E-state index in [0.717, 1.165) is 37.1 Å². The molecule has 2 rings (SSSR count). The highest BCUT2D eigenvalue weighted by molar-refractivity contribution is 5.18. The Kier molecular flexibility index (Phi) is 3.39. The number of aryl methyl sites for hydroxylation is 2. The standard InChI is InChI=1S/C12H19N3O/c1-8-7-14-9(2)12(15-8)16-11-5-3-4-10(13)6-11/h7,10-11H,3-6,13H2,1-2H3. The molecule has 0 spiro atoms. The van der Waals surface area contributed by atoms with Gasteiger partial charge in [0.05, 0.1) is 11.4 Å². The van der Waals surface area contributed by atoms with Crippen LogP contribution in [0, 0.1) is 13.8 Å². The molecule has 2 atom stereocenters. The van der Waals surface area contributed by atoms with Gasteiger partial charge in [0.2, 0.25) is 5.88 Å². The quantitative estimate of drug-likeness (QED) is 0.826. The summed E-state index contributed by atoms with van der Waals surface area (Å²) in [4.78, 5) is 8.61. The van der Waals surface area contributed by atoms with Gasteiger partial charge in [-0.1, -0.05) is 0 Å². The molecule has 1 fully saturated rings. The van der Waals surface area contributed by atoms with Crippen molar-refractivity contribution in [3.63, 3.8) is 0 Å². The fourth-order valence-corrected chi connectivity index (χ4v) is 2.07. The fraction of sp³-hybridized carbons (Fsp3) is 0.667. The second-order valence-corrected chi connectivity index (χ2v) is 4.57. The van der Waals surface area contributed by atoms with Crippen molar-refractivity contribution in [1.82, 2.24) is 9.97 Å². The minimum Gasteiger partial charge on any atom is -0.473 e. The van der Waals surface area contributed by atoms with Gasteiger partial charge >= 0.3 is 0 Å². The van der Waals surface area contributed by atoms with Crippen LogP contribution in [0.1, 0.15) is 37.1 Å². The first-order chi connectivity index (χ1) is 7.65. The number of nitrogens with two attached hydrogens (primary N) is 1. The minimum atomic E-state index is 0.207. The molecule has 1 aliphatic carbocycles. The Labute approximate surface area is 96.2 Å². The lowest BCUT2D eigenvalue weighted by Crippen LogP contribution is -2.34. The Bertz CT molecular complexity index is 367. The first-order valence-electron chi connectivity index (χ1n) is 5.87. The summed E-state index contributed by atoms with van der Waals surface area (Å²) >= 11 is 0. The highest BCUT2D eigenvalue weighted by Gasteiger charge is 2.21. The molecule has 1 aromatic rings. The maximum atomic E-state index is 5.93. The summed E-state index contributed by atoms with van der Waals surface area (Å²) < 4.78 is 5.88. The maximum Gasteiger partial charge on any atom is 0.235 e. The van der Waals surface area contributed by atoms with Crippen LogP contribution in [0.4, 0.5) is 0 Å². The van der Waals surface area contributed by atoms with Crippen molar-refractivity contribution in [2.45, 2.75) is 51.7 Å². The molecule has 0 radical (unpaired) electrons. The lowest BCUT2D eigenvalue weighted by atomic mass is 9.94. The molecular formula is C12H19N3O. The molecule has 1 aromatic heterocycles. The van der Waals surface area contributed by atoms with Crippen LogP contribution in [-0.2, 0) is 0 Å². The predicted molar refractivity (Wildman–Crippen MR) is 62.4 cm³/mol. The van der Waals surface area contributed by atoms with Crippen molar-refractivity contribution in [1.29, 1.82) is 0 Å². The molecule has 2 unspecified atom stereocenters. The van der Waals surface area contributed by atoms with Crippen molar-refractivity contribution in [2.75, 3.05) is 0 Å². The zero-order valence-electron chi connectivity index (χ0n) is 9.94. The smallest absolute Gasteiger partial charge is 0.235 e. The van der Waals surface area contributed by atoms with Gasteiger partial charge in [0.15, 0.2) is 0 Å². The van der Waals surface area contributed by atoms with Crippen molar-refractivity contribution < 1.29 is 4.74 Å². The van der Waals surface area contributed by atoms with Gasteiger partial charge in [-0.15, -0.1) is 0 Å². The van der Waals surface area contributed by atoms with Gasteiger partial charge in [0.1, 0.15) is 6.10 Å². The van der Waals surface area contributed by atoms with E-state index >= 15 is 0 Å². The van der Waals surface area contributed by atoms with Gasteiger partial charge < -0.3 is 10.5 Å². The molecule has 4 heteroatoms. The van der Waals surface area contributed by atoms with E-state index in [0.29, 0.717) is 5.88 Å². The molecule has 0 amide bonds. The van der Waals surface area contributed by atoms with Gasteiger partial charge in [0, 0.05) is 12.2 Å². The number of hydrogen-bond acceptors (Lipinski definition) is 4. The minimum absolute atomic E-state index is 0.207. The largest absolute Gasteiger partial charge is 0.473 e. The van der Waals surface area contributed by atoms with Crippen LogP contribution in [-0.4, -0.2) is 22.1 Å². The van der Waals surface area contributed by atoms with E-state index in [9.17, 15) is 0 Å². The number of aromatic nitrogens is 2. The second-order valence-electron chi connectivity index (χ2n) is 4.57. The normalized spacial score (nSPS) is 25.4.